The minimum atomic E-state index is -0.194. The first-order valence-electron chi connectivity index (χ1n) is 7.55. The maximum absolute atomic E-state index is 9.00. The van der Waals surface area contributed by atoms with Crippen molar-refractivity contribution in [3.8, 4) is 5.88 Å². The van der Waals surface area contributed by atoms with Crippen molar-refractivity contribution in [2.75, 3.05) is 50.0 Å². The molecule has 3 N–H and O–H groups in total. The van der Waals surface area contributed by atoms with Crippen LogP contribution in [0, 0.1) is 0 Å². The Balaban J connectivity index is 1.76. The minimum absolute atomic E-state index is 0.194. The number of aliphatic hydroxyl groups is 1. The number of nitrogen functional groups attached to an aromatic ring is 1. The molecule has 0 aliphatic carbocycles. The van der Waals surface area contributed by atoms with Gasteiger partial charge in [0.15, 0.2) is 5.82 Å². The van der Waals surface area contributed by atoms with Crippen LogP contribution in [0.4, 0.5) is 11.5 Å². The van der Waals surface area contributed by atoms with Crippen molar-refractivity contribution >= 4 is 11.5 Å². The lowest BCUT2D eigenvalue weighted by molar-refractivity contribution is 0.133. The molecule has 0 bridgehead atoms. The van der Waals surface area contributed by atoms with Crippen LogP contribution in [-0.4, -0.2) is 59.9 Å². The van der Waals surface area contributed by atoms with Crippen molar-refractivity contribution < 1.29 is 9.84 Å². The van der Waals surface area contributed by atoms with E-state index in [1.165, 1.54) is 0 Å². The molecule has 6 nitrogen and oxygen atoms in total. The van der Waals surface area contributed by atoms with E-state index < -0.39 is 0 Å². The van der Waals surface area contributed by atoms with Gasteiger partial charge in [0.2, 0.25) is 5.88 Å². The molecule has 0 aromatic carbocycles. The van der Waals surface area contributed by atoms with Gasteiger partial charge in [-0.1, -0.05) is 0 Å². The van der Waals surface area contributed by atoms with Crippen molar-refractivity contribution in [3.05, 3.63) is 11.6 Å². The lowest BCUT2D eigenvalue weighted by atomic mass is 10.0. The maximum atomic E-state index is 9.00. The number of aliphatic hydroxyl groups excluding tert-OH is 1. The number of hydrogen-bond donors (Lipinski definition) is 2. The molecule has 0 radical (unpaired) electrons. The number of piperazine rings is 1. The zero-order chi connectivity index (χ0) is 15.0. The van der Waals surface area contributed by atoms with Crippen LogP contribution in [0.5, 0.6) is 5.88 Å². The Morgan fingerprint density at radius 3 is 2.71 bits per heavy atom. The monoisotopic (exact) mass is 292 g/mol. The second-order valence-corrected chi connectivity index (χ2v) is 6.46. The Hall–Kier alpha value is -1.53. The highest BCUT2D eigenvalue weighted by atomic mass is 16.5. The van der Waals surface area contributed by atoms with E-state index >= 15 is 0 Å². The summed E-state index contributed by atoms with van der Waals surface area (Å²) < 4.78 is 5.90. The van der Waals surface area contributed by atoms with Crippen LogP contribution < -0.4 is 15.4 Å². The summed E-state index contributed by atoms with van der Waals surface area (Å²) in [5.41, 5.74) is 7.82. The first kappa shape index (κ1) is 14.4. The number of nitrogens with two attached hydrogens (primary N) is 1. The van der Waals surface area contributed by atoms with E-state index in [-0.39, 0.29) is 12.2 Å². The van der Waals surface area contributed by atoms with Crippen LogP contribution in [0.3, 0.4) is 0 Å². The molecule has 0 unspecified atom stereocenters. The van der Waals surface area contributed by atoms with Crippen LogP contribution in [0.15, 0.2) is 6.07 Å². The third-order valence-corrected chi connectivity index (χ3v) is 4.15. The number of fused-ring (bicyclic) bond motifs is 1. The Bertz CT molecular complexity index is 525. The molecule has 6 heteroatoms. The van der Waals surface area contributed by atoms with E-state index in [9.17, 15) is 0 Å². The SMILES string of the molecule is CC1(C)Cc2cc(N)c(N3CCN(CCO)CC3)nc2O1. The number of ether oxygens (including phenoxy) is 1. The number of pyridine rings is 1. The zero-order valence-electron chi connectivity index (χ0n) is 12.8. The number of nitrogens with zero attached hydrogens (tertiary/aromatic N) is 3. The third kappa shape index (κ3) is 2.91. The van der Waals surface area contributed by atoms with Gasteiger partial charge in [-0.15, -0.1) is 0 Å². The Labute approximate surface area is 125 Å². The first-order valence-corrected chi connectivity index (χ1v) is 7.55. The van der Waals surface area contributed by atoms with E-state index in [4.69, 9.17) is 15.6 Å². The first-order chi connectivity index (χ1) is 9.98. The molecule has 1 fully saturated rings. The molecule has 3 rings (SSSR count). The summed E-state index contributed by atoms with van der Waals surface area (Å²) in [7, 11) is 0. The van der Waals surface area contributed by atoms with E-state index in [1.54, 1.807) is 0 Å². The predicted molar refractivity (Wildman–Crippen MR) is 82.8 cm³/mol. The number of anilines is 2. The molecule has 21 heavy (non-hydrogen) atoms. The van der Waals surface area contributed by atoms with Gasteiger partial charge in [-0.3, -0.25) is 4.90 Å². The van der Waals surface area contributed by atoms with Gasteiger partial charge in [0, 0.05) is 44.7 Å². The number of hydrogen-bond acceptors (Lipinski definition) is 6. The molecule has 0 atom stereocenters. The number of rotatable bonds is 3. The highest BCUT2D eigenvalue weighted by Crippen LogP contribution is 2.37. The van der Waals surface area contributed by atoms with Gasteiger partial charge >= 0.3 is 0 Å². The fraction of sp³-hybridized carbons (Fsp3) is 0.667. The summed E-state index contributed by atoms with van der Waals surface area (Å²) in [6, 6.07) is 2.01. The largest absolute Gasteiger partial charge is 0.471 e. The normalized spacial score (nSPS) is 21.2. The molecule has 0 amide bonds. The zero-order valence-corrected chi connectivity index (χ0v) is 12.8. The lowest BCUT2D eigenvalue weighted by Gasteiger charge is -2.35. The van der Waals surface area contributed by atoms with E-state index in [2.05, 4.69) is 28.6 Å². The summed E-state index contributed by atoms with van der Waals surface area (Å²) in [4.78, 5) is 9.11. The van der Waals surface area contributed by atoms with Crippen molar-refractivity contribution in [2.24, 2.45) is 0 Å². The lowest BCUT2D eigenvalue weighted by Crippen LogP contribution is -2.47. The van der Waals surface area contributed by atoms with Gasteiger partial charge in [-0.2, -0.15) is 4.98 Å². The average molecular weight is 292 g/mol. The fourth-order valence-corrected chi connectivity index (χ4v) is 3.10. The molecule has 1 saturated heterocycles. The molecule has 1 aromatic rings. The van der Waals surface area contributed by atoms with Crippen LogP contribution in [0.25, 0.3) is 0 Å². The van der Waals surface area contributed by atoms with Crippen molar-refractivity contribution in [1.82, 2.24) is 9.88 Å². The Kier molecular flexibility index (Phi) is 3.67. The standard InChI is InChI=1S/C15H24N4O2/c1-15(2)10-11-9-12(16)13(17-14(11)21-15)19-5-3-18(4-6-19)7-8-20/h9,20H,3-8,10,16H2,1-2H3. The molecule has 116 valence electrons. The minimum Gasteiger partial charge on any atom is -0.471 e. The second-order valence-electron chi connectivity index (χ2n) is 6.46. The highest BCUT2D eigenvalue weighted by molar-refractivity contribution is 5.66. The summed E-state index contributed by atoms with van der Waals surface area (Å²) >= 11 is 0. The van der Waals surface area contributed by atoms with Gasteiger partial charge in [0.05, 0.1) is 12.3 Å². The molecular formula is C15H24N4O2. The molecule has 3 heterocycles. The number of aromatic nitrogens is 1. The highest BCUT2D eigenvalue weighted by Gasteiger charge is 2.33. The predicted octanol–water partition coefficient (Wildman–Crippen LogP) is 0.492. The molecule has 0 saturated carbocycles. The fourth-order valence-electron chi connectivity index (χ4n) is 3.10. The Morgan fingerprint density at radius 2 is 2.05 bits per heavy atom. The summed E-state index contributed by atoms with van der Waals surface area (Å²) in [6.07, 6.45) is 0.851. The Morgan fingerprint density at radius 1 is 1.33 bits per heavy atom. The molecule has 0 spiro atoms. The molecule has 1 aromatic heterocycles. The van der Waals surface area contributed by atoms with E-state index in [1.807, 2.05) is 6.07 Å². The van der Waals surface area contributed by atoms with Gasteiger partial charge in [-0.05, 0) is 19.9 Å². The number of β-amino-alcohol motifs (C(OH)–C–C–N with tert-alkyl or cyclic N) is 1. The topological polar surface area (TPSA) is 74.9 Å². The van der Waals surface area contributed by atoms with Gasteiger partial charge in [0.25, 0.3) is 0 Å². The molecule has 2 aliphatic heterocycles. The smallest absolute Gasteiger partial charge is 0.219 e. The average Bonchev–Trinajstić information content (AvgIpc) is 2.72. The maximum Gasteiger partial charge on any atom is 0.219 e. The van der Waals surface area contributed by atoms with Crippen molar-refractivity contribution in [2.45, 2.75) is 25.9 Å². The van der Waals surface area contributed by atoms with Crippen LogP contribution in [0.2, 0.25) is 0 Å². The van der Waals surface area contributed by atoms with Crippen molar-refractivity contribution in [1.29, 1.82) is 0 Å². The summed E-state index contributed by atoms with van der Waals surface area (Å²) in [5.74, 6) is 1.55. The molecular weight excluding hydrogens is 268 g/mol. The second kappa shape index (κ2) is 5.35. The van der Waals surface area contributed by atoms with Crippen LogP contribution >= 0.6 is 0 Å². The van der Waals surface area contributed by atoms with Gasteiger partial charge in [0.1, 0.15) is 5.60 Å². The van der Waals surface area contributed by atoms with Gasteiger partial charge in [-0.25, -0.2) is 0 Å². The molecule has 2 aliphatic rings. The van der Waals surface area contributed by atoms with E-state index in [0.29, 0.717) is 0 Å². The third-order valence-electron chi connectivity index (χ3n) is 4.15. The van der Waals surface area contributed by atoms with Crippen molar-refractivity contribution in [3.63, 3.8) is 0 Å². The quantitative estimate of drug-likeness (QED) is 0.844. The summed E-state index contributed by atoms with van der Waals surface area (Å²) in [5, 5.41) is 9.00. The van der Waals surface area contributed by atoms with Crippen LogP contribution in [-0.2, 0) is 6.42 Å². The summed E-state index contributed by atoms with van der Waals surface area (Å²) in [6.45, 7) is 8.67. The van der Waals surface area contributed by atoms with Gasteiger partial charge < -0.3 is 20.5 Å². The van der Waals surface area contributed by atoms with E-state index in [0.717, 1.165) is 62.1 Å². The van der Waals surface area contributed by atoms with Crippen LogP contribution in [0.1, 0.15) is 19.4 Å².